The van der Waals surface area contributed by atoms with Gasteiger partial charge in [-0.25, -0.2) is 4.79 Å². The number of rotatable bonds is 1. The van der Waals surface area contributed by atoms with Crippen molar-refractivity contribution in [2.45, 2.75) is 37.1 Å². The Morgan fingerprint density at radius 3 is 2.21 bits per heavy atom. The molecule has 82 valence electrons. The Kier molecular flexibility index (Phi) is 2.79. The van der Waals surface area contributed by atoms with Crippen molar-refractivity contribution in [3.63, 3.8) is 0 Å². The van der Waals surface area contributed by atoms with Crippen LogP contribution in [0.15, 0.2) is 0 Å². The quantitative estimate of drug-likeness (QED) is 0.316. The zero-order valence-corrected chi connectivity index (χ0v) is 7.36. The molecule has 7 nitrogen and oxygen atoms in total. The standard InChI is InChI=1S/C7H12O7/c1-2-3(8)4(9)5(10)7(13,14-2)6(11)12/h2-5,8-10,13H,1H3,(H,11,12)/t2-,3+,4+,5-,7?/m1/s1. The van der Waals surface area contributed by atoms with Gasteiger partial charge in [0.05, 0.1) is 6.10 Å². The molecule has 14 heavy (non-hydrogen) atoms. The molecular weight excluding hydrogens is 196 g/mol. The van der Waals surface area contributed by atoms with E-state index >= 15 is 0 Å². The Morgan fingerprint density at radius 2 is 1.79 bits per heavy atom. The highest BCUT2D eigenvalue weighted by Gasteiger charge is 2.56. The summed E-state index contributed by atoms with van der Waals surface area (Å²) in [5, 5.41) is 45.5. The van der Waals surface area contributed by atoms with Crippen LogP contribution < -0.4 is 0 Å². The summed E-state index contributed by atoms with van der Waals surface area (Å²) in [6, 6.07) is 0. The lowest BCUT2D eigenvalue weighted by atomic mass is 9.93. The number of hydrogen-bond donors (Lipinski definition) is 5. The van der Waals surface area contributed by atoms with E-state index in [2.05, 4.69) is 4.74 Å². The summed E-state index contributed by atoms with van der Waals surface area (Å²) >= 11 is 0. The average Bonchev–Trinajstić information content (AvgIpc) is 2.11. The molecule has 1 unspecified atom stereocenters. The van der Waals surface area contributed by atoms with Crippen LogP contribution in [0.4, 0.5) is 0 Å². The molecule has 1 fully saturated rings. The minimum atomic E-state index is -2.88. The molecule has 7 heteroatoms. The van der Waals surface area contributed by atoms with Crippen LogP contribution in [0.5, 0.6) is 0 Å². The third kappa shape index (κ3) is 1.49. The second kappa shape index (κ2) is 3.44. The van der Waals surface area contributed by atoms with Gasteiger partial charge >= 0.3 is 5.97 Å². The smallest absolute Gasteiger partial charge is 0.367 e. The summed E-state index contributed by atoms with van der Waals surface area (Å²) in [6.45, 7) is 1.27. The zero-order chi connectivity index (χ0) is 11.1. The first-order chi connectivity index (χ1) is 6.30. The number of carboxylic acid groups (broad SMARTS) is 1. The highest BCUT2D eigenvalue weighted by molar-refractivity contribution is 5.76. The molecule has 0 spiro atoms. The van der Waals surface area contributed by atoms with E-state index in [0.29, 0.717) is 0 Å². The van der Waals surface area contributed by atoms with Crippen molar-refractivity contribution in [3.8, 4) is 0 Å². The lowest BCUT2D eigenvalue weighted by Crippen LogP contribution is -2.66. The number of ether oxygens (including phenoxy) is 1. The van der Waals surface area contributed by atoms with Crippen molar-refractivity contribution in [1.82, 2.24) is 0 Å². The number of carbonyl (C=O) groups is 1. The predicted octanol–water partition coefficient (Wildman–Crippen LogP) is -2.74. The predicted molar refractivity (Wildman–Crippen MR) is 41.2 cm³/mol. The maximum absolute atomic E-state index is 10.6. The van der Waals surface area contributed by atoms with Crippen LogP contribution in [0.25, 0.3) is 0 Å². The molecule has 1 rings (SSSR count). The van der Waals surface area contributed by atoms with E-state index in [4.69, 9.17) is 5.11 Å². The van der Waals surface area contributed by atoms with Crippen LogP contribution in [0.3, 0.4) is 0 Å². The summed E-state index contributed by atoms with van der Waals surface area (Å²) in [4.78, 5) is 10.6. The zero-order valence-electron chi connectivity index (χ0n) is 7.36. The van der Waals surface area contributed by atoms with E-state index < -0.39 is 36.2 Å². The van der Waals surface area contributed by atoms with Gasteiger partial charge in [-0.15, -0.1) is 0 Å². The van der Waals surface area contributed by atoms with Crippen molar-refractivity contribution in [3.05, 3.63) is 0 Å². The van der Waals surface area contributed by atoms with Gasteiger partial charge in [0.2, 0.25) is 0 Å². The van der Waals surface area contributed by atoms with Crippen molar-refractivity contribution < 1.29 is 35.1 Å². The fraction of sp³-hybridized carbons (Fsp3) is 0.857. The van der Waals surface area contributed by atoms with Crippen LogP contribution in [-0.2, 0) is 9.53 Å². The number of aliphatic carboxylic acids is 1. The molecule has 0 aromatic carbocycles. The summed E-state index contributed by atoms with van der Waals surface area (Å²) < 4.78 is 4.53. The number of aliphatic hydroxyl groups is 4. The summed E-state index contributed by atoms with van der Waals surface area (Å²) in [5.74, 6) is -4.69. The highest BCUT2D eigenvalue weighted by atomic mass is 16.7. The van der Waals surface area contributed by atoms with Gasteiger partial charge in [0.1, 0.15) is 18.3 Å². The van der Waals surface area contributed by atoms with E-state index in [1.165, 1.54) is 6.92 Å². The maximum atomic E-state index is 10.6. The Morgan fingerprint density at radius 1 is 1.29 bits per heavy atom. The van der Waals surface area contributed by atoms with Gasteiger partial charge in [-0.2, -0.15) is 0 Å². The molecule has 0 aromatic rings. The Balaban J connectivity index is 2.96. The SMILES string of the molecule is C[C@H]1OC(O)(C(=O)O)[C@H](O)[C@@H](O)[C@H]1O. The third-order valence-electron chi connectivity index (χ3n) is 2.23. The normalized spacial score (nSPS) is 48.9. The Labute approximate surface area is 79.2 Å². The van der Waals surface area contributed by atoms with Crippen molar-refractivity contribution in [2.75, 3.05) is 0 Å². The fourth-order valence-electron chi connectivity index (χ4n) is 1.30. The summed E-state index contributed by atoms with van der Waals surface area (Å²) in [5.41, 5.74) is 0. The van der Waals surface area contributed by atoms with Gasteiger partial charge in [-0.1, -0.05) is 0 Å². The lowest BCUT2D eigenvalue weighted by Gasteiger charge is -2.42. The van der Waals surface area contributed by atoms with E-state index in [1.807, 2.05) is 0 Å². The first-order valence-corrected chi connectivity index (χ1v) is 3.98. The van der Waals surface area contributed by atoms with Gasteiger partial charge in [0.15, 0.2) is 0 Å². The molecule has 0 radical (unpaired) electrons. The van der Waals surface area contributed by atoms with Crippen LogP contribution in [-0.4, -0.2) is 61.7 Å². The Bertz CT molecular complexity index is 242. The molecule has 1 heterocycles. The van der Waals surface area contributed by atoms with Gasteiger partial charge in [0.25, 0.3) is 5.79 Å². The fourth-order valence-corrected chi connectivity index (χ4v) is 1.30. The first-order valence-electron chi connectivity index (χ1n) is 3.98. The molecule has 1 aliphatic heterocycles. The van der Waals surface area contributed by atoms with Crippen LogP contribution >= 0.6 is 0 Å². The molecule has 5 N–H and O–H groups in total. The summed E-state index contributed by atoms with van der Waals surface area (Å²) in [7, 11) is 0. The Hall–Kier alpha value is -0.730. The monoisotopic (exact) mass is 208 g/mol. The molecule has 0 bridgehead atoms. The van der Waals surface area contributed by atoms with Crippen molar-refractivity contribution in [2.24, 2.45) is 0 Å². The lowest BCUT2D eigenvalue weighted by molar-refractivity contribution is -0.331. The summed E-state index contributed by atoms with van der Waals surface area (Å²) in [6.07, 6.45) is -6.38. The van der Waals surface area contributed by atoms with E-state index in [0.717, 1.165) is 0 Å². The van der Waals surface area contributed by atoms with E-state index in [9.17, 15) is 25.2 Å². The molecule has 1 aliphatic rings. The molecular formula is C7H12O7. The molecule has 5 atom stereocenters. The van der Waals surface area contributed by atoms with Gasteiger partial charge < -0.3 is 30.3 Å². The maximum Gasteiger partial charge on any atom is 0.367 e. The second-order valence-corrected chi connectivity index (χ2v) is 3.25. The number of aliphatic hydroxyl groups excluding tert-OH is 3. The van der Waals surface area contributed by atoms with Crippen LogP contribution in [0.1, 0.15) is 6.92 Å². The van der Waals surface area contributed by atoms with Crippen molar-refractivity contribution in [1.29, 1.82) is 0 Å². The topological polar surface area (TPSA) is 127 Å². The third-order valence-corrected chi connectivity index (χ3v) is 2.23. The molecule has 0 aromatic heterocycles. The van der Waals surface area contributed by atoms with Gasteiger partial charge in [-0.05, 0) is 6.92 Å². The highest BCUT2D eigenvalue weighted by Crippen LogP contribution is 2.28. The minimum absolute atomic E-state index is 1.09. The van der Waals surface area contributed by atoms with Crippen molar-refractivity contribution >= 4 is 5.97 Å². The average molecular weight is 208 g/mol. The number of hydrogen-bond acceptors (Lipinski definition) is 6. The van der Waals surface area contributed by atoms with Gasteiger partial charge in [-0.3, -0.25) is 0 Å². The minimum Gasteiger partial charge on any atom is -0.477 e. The second-order valence-electron chi connectivity index (χ2n) is 3.25. The molecule has 1 saturated heterocycles. The molecule has 0 saturated carbocycles. The molecule has 0 aliphatic carbocycles. The first kappa shape index (κ1) is 11.3. The molecule has 0 amide bonds. The largest absolute Gasteiger partial charge is 0.477 e. The van der Waals surface area contributed by atoms with Crippen LogP contribution in [0, 0.1) is 0 Å². The van der Waals surface area contributed by atoms with E-state index in [1.54, 1.807) is 0 Å². The van der Waals surface area contributed by atoms with Crippen LogP contribution in [0.2, 0.25) is 0 Å². The number of carboxylic acids is 1. The van der Waals surface area contributed by atoms with Gasteiger partial charge in [0, 0.05) is 0 Å². The van der Waals surface area contributed by atoms with E-state index in [-0.39, 0.29) is 0 Å².